The minimum absolute atomic E-state index is 0.258. The molecule has 0 saturated carbocycles. The Hall–Kier alpha value is -2.40. The fourth-order valence-corrected chi connectivity index (χ4v) is 3.46. The first kappa shape index (κ1) is 22.3. The van der Waals surface area contributed by atoms with Crippen LogP contribution in [-0.4, -0.2) is 55.7 Å². The van der Waals surface area contributed by atoms with Crippen LogP contribution >= 0.6 is 0 Å². The summed E-state index contributed by atoms with van der Waals surface area (Å²) in [6.45, 7) is 5.94. The van der Waals surface area contributed by atoms with E-state index in [9.17, 15) is 17.6 Å². The standard InChI is InChI=1S/C23H24F4N2O/c1-2-9-28-10-12-29(13-11-28)14-15-30-17-19-5-8-21(24)16-22(19)18-3-6-20(7-4-18)23(25,26)27/h1,3-8,16H,9-15,17H2. The molecule has 0 aliphatic carbocycles. The van der Waals surface area contributed by atoms with Crippen molar-refractivity contribution in [1.29, 1.82) is 0 Å². The minimum Gasteiger partial charge on any atom is -0.375 e. The Kier molecular flexibility index (Phi) is 7.48. The molecule has 1 heterocycles. The molecule has 2 aromatic carbocycles. The molecular weight excluding hydrogens is 396 g/mol. The van der Waals surface area contributed by atoms with Gasteiger partial charge in [-0.05, 0) is 41.0 Å². The average Bonchev–Trinajstić information content (AvgIpc) is 2.73. The van der Waals surface area contributed by atoms with Gasteiger partial charge in [0.2, 0.25) is 0 Å². The Labute approximate surface area is 174 Å². The highest BCUT2D eigenvalue weighted by atomic mass is 19.4. The molecule has 3 nitrogen and oxygen atoms in total. The minimum atomic E-state index is -4.40. The molecule has 1 saturated heterocycles. The van der Waals surface area contributed by atoms with Crippen molar-refractivity contribution < 1.29 is 22.3 Å². The first-order valence-electron chi connectivity index (χ1n) is 9.79. The van der Waals surface area contributed by atoms with E-state index >= 15 is 0 Å². The lowest BCUT2D eigenvalue weighted by Gasteiger charge is -2.33. The fourth-order valence-electron chi connectivity index (χ4n) is 3.46. The number of nitrogens with zero attached hydrogens (tertiary/aromatic N) is 2. The number of ether oxygens (including phenoxy) is 1. The monoisotopic (exact) mass is 420 g/mol. The summed E-state index contributed by atoms with van der Waals surface area (Å²) < 4.78 is 57.9. The van der Waals surface area contributed by atoms with E-state index in [1.165, 1.54) is 24.3 Å². The number of halogens is 4. The van der Waals surface area contributed by atoms with Crippen LogP contribution < -0.4 is 0 Å². The van der Waals surface area contributed by atoms with E-state index in [0.717, 1.165) is 50.4 Å². The summed E-state index contributed by atoms with van der Waals surface area (Å²) >= 11 is 0. The second-order valence-electron chi connectivity index (χ2n) is 7.25. The van der Waals surface area contributed by atoms with E-state index in [1.807, 2.05) is 0 Å². The van der Waals surface area contributed by atoms with E-state index in [2.05, 4.69) is 15.7 Å². The first-order chi connectivity index (χ1) is 14.4. The summed E-state index contributed by atoms with van der Waals surface area (Å²) in [5.74, 6) is 2.21. The van der Waals surface area contributed by atoms with E-state index < -0.39 is 17.6 Å². The van der Waals surface area contributed by atoms with Crippen molar-refractivity contribution in [2.45, 2.75) is 12.8 Å². The van der Waals surface area contributed by atoms with Gasteiger partial charge in [0.05, 0.1) is 25.3 Å². The Balaban J connectivity index is 1.56. The van der Waals surface area contributed by atoms with Crippen molar-refractivity contribution in [2.75, 3.05) is 45.9 Å². The lowest BCUT2D eigenvalue weighted by Crippen LogP contribution is -2.47. The van der Waals surface area contributed by atoms with Crippen LogP contribution in [0.1, 0.15) is 11.1 Å². The zero-order chi connectivity index (χ0) is 21.6. The summed E-state index contributed by atoms with van der Waals surface area (Å²) in [5, 5.41) is 0. The number of hydrogen-bond donors (Lipinski definition) is 0. The van der Waals surface area contributed by atoms with Gasteiger partial charge in [0.1, 0.15) is 5.82 Å². The molecule has 7 heteroatoms. The van der Waals surface area contributed by atoms with Crippen molar-refractivity contribution in [3.05, 3.63) is 59.4 Å². The predicted molar refractivity (Wildman–Crippen MR) is 108 cm³/mol. The van der Waals surface area contributed by atoms with Crippen LogP contribution in [0.2, 0.25) is 0 Å². The molecule has 0 unspecified atom stereocenters. The summed E-state index contributed by atoms with van der Waals surface area (Å²) in [5.41, 5.74) is 1.05. The van der Waals surface area contributed by atoms with Crippen LogP contribution in [-0.2, 0) is 17.5 Å². The maximum Gasteiger partial charge on any atom is 0.416 e. The van der Waals surface area contributed by atoms with Crippen LogP contribution in [0.3, 0.4) is 0 Å². The van der Waals surface area contributed by atoms with Gasteiger partial charge in [-0.2, -0.15) is 13.2 Å². The SMILES string of the molecule is C#CCN1CCN(CCOCc2ccc(F)cc2-c2ccc(C(F)(F)F)cc2)CC1. The van der Waals surface area contributed by atoms with Crippen LogP contribution in [0.25, 0.3) is 11.1 Å². The summed E-state index contributed by atoms with van der Waals surface area (Å²) in [4.78, 5) is 4.53. The molecule has 0 aromatic heterocycles. The van der Waals surface area contributed by atoms with Crippen LogP contribution in [0.15, 0.2) is 42.5 Å². The molecule has 0 N–H and O–H groups in total. The third kappa shape index (κ3) is 6.05. The number of piperazine rings is 1. The Morgan fingerprint density at radius 1 is 0.967 bits per heavy atom. The number of terminal acetylenes is 1. The lowest BCUT2D eigenvalue weighted by atomic mass is 9.98. The van der Waals surface area contributed by atoms with Crippen molar-refractivity contribution >= 4 is 0 Å². The van der Waals surface area contributed by atoms with Crippen molar-refractivity contribution in [1.82, 2.24) is 9.80 Å². The lowest BCUT2D eigenvalue weighted by molar-refractivity contribution is -0.137. The van der Waals surface area contributed by atoms with Crippen molar-refractivity contribution in [3.8, 4) is 23.5 Å². The van der Waals surface area contributed by atoms with Gasteiger partial charge in [0, 0.05) is 32.7 Å². The molecule has 160 valence electrons. The highest BCUT2D eigenvalue weighted by molar-refractivity contribution is 5.67. The molecule has 30 heavy (non-hydrogen) atoms. The van der Waals surface area contributed by atoms with Gasteiger partial charge in [-0.15, -0.1) is 6.42 Å². The molecule has 0 radical (unpaired) electrons. The third-order valence-corrected chi connectivity index (χ3v) is 5.18. The predicted octanol–water partition coefficient (Wildman–Crippen LogP) is 4.28. The Bertz CT molecular complexity index is 866. The maximum absolute atomic E-state index is 13.8. The molecule has 0 spiro atoms. The topological polar surface area (TPSA) is 15.7 Å². The van der Waals surface area contributed by atoms with E-state index in [4.69, 9.17) is 11.2 Å². The molecule has 0 bridgehead atoms. The molecule has 0 atom stereocenters. The highest BCUT2D eigenvalue weighted by Gasteiger charge is 2.30. The molecule has 3 rings (SSSR count). The number of benzene rings is 2. The Morgan fingerprint density at radius 3 is 2.27 bits per heavy atom. The largest absolute Gasteiger partial charge is 0.416 e. The zero-order valence-electron chi connectivity index (χ0n) is 16.6. The second kappa shape index (κ2) is 10.1. The quantitative estimate of drug-likeness (QED) is 0.378. The smallest absolute Gasteiger partial charge is 0.375 e. The van der Waals surface area contributed by atoms with Gasteiger partial charge in [-0.1, -0.05) is 24.1 Å². The highest BCUT2D eigenvalue weighted by Crippen LogP contribution is 2.32. The molecule has 1 aliphatic heterocycles. The third-order valence-electron chi connectivity index (χ3n) is 5.18. The molecule has 0 amide bonds. The van der Waals surface area contributed by atoms with Gasteiger partial charge in [-0.25, -0.2) is 4.39 Å². The summed E-state index contributed by atoms with van der Waals surface area (Å²) in [6.07, 6.45) is 0.935. The van der Waals surface area contributed by atoms with Crippen LogP contribution in [0.5, 0.6) is 0 Å². The molecule has 1 fully saturated rings. The van der Waals surface area contributed by atoms with E-state index in [0.29, 0.717) is 24.3 Å². The average molecular weight is 420 g/mol. The molecule has 2 aromatic rings. The maximum atomic E-state index is 13.8. The van der Waals surface area contributed by atoms with E-state index in [1.54, 1.807) is 6.07 Å². The number of alkyl halides is 3. The van der Waals surface area contributed by atoms with Gasteiger partial charge in [-0.3, -0.25) is 9.80 Å². The first-order valence-corrected chi connectivity index (χ1v) is 9.79. The summed E-state index contributed by atoms with van der Waals surface area (Å²) in [6, 6.07) is 8.99. The van der Waals surface area contributed by atoms with Gasteiger partial charge >= 0.3 is 6.18 Å². The zero-order valence-corrected chi connectivity index (χ0v) is 16.6. The van der Waals surface area contributed by atoms with Gasteiger partial charge in [0.15, 0.2) is 0 Å². The Morgan fingerprint density at radius 2 is 1.63 bits per heavy atom. The molecular formula is C23H24F4N2O. The fraction of sp³-hybridized carbons (Fsp3) is 0.391. The van der Waals surface area contributed by atoms with Crippen molar-refractivity contribution in [3.63, 3.8) is 0 Å². The van der Waals surface area contributed by atoms with Crippen LogP contribution in [0, 0.1) is 18.2 Å². The number of hydrogen-bond acceptors (Lipinski definition) is 3. The van der Waals surface area contributed by atoms with E-state index in [-0.39, 0.29) is 6.61 Å². The van der Waals surface area contributed by atoms with Crippen molar-refractivity contribution in [2.24, 2.45) is 0 Å². The second-order valence-corrected chi connectivity index (χ2v) is 7.25. The van der Waals surface area contributed by atoms with Gasteiger partial charge < -0.3 is 4.74 Å². The molecule has 1 aliphatic rings. The summed E-state index contributed by atoms with van der Waals surface area (Å²) in [7, 11) is 0. The normalized spacial score (nSPS) is 15.8. The number of rotatable bonds is 7. The van der Waals surface area contributed by atoms with Crippen LogP contribution in [0.4, 0.5) is 17.6 Å². The van der Waals surface area contributed by atoms with Gasteiger partial charge in [0.25, 0.3) is 0 Å².